The highest BCUT2D eigenvalue weighted by Crippen LogP contribution is 2.40. The molecule has 9 heteroatoms. The molecule has 0 aromatic carbocycles. The summed E-state index contributed by atoms with van der Waals surface area (Å²) in [4.78, 5) is 26.0. The lowest BCUT2D eigenvalue weighted by Crippen LogP contribution is -2.16. The van der Waals surface area contributed by atoms with E-state index in [1.807, 2.05) is 13.1 Å². The van der Waals surface area contributed by atoms with E-state index in [1.54, 1.807) is 25.5 Å². The summed E-state index contributed by atoms with van der Waals surface area (Å²) in [6, 6.07) is 3.78. The zero-order valence-corrected chi connectivity index (χ0v) is 19.3. The van der Waals surface area contributed by atoms with Gasteiger partial charge in [-0.3, -0.25) is 4.79 Å². The van der Waals surface area contributed by atoms with Crippen LogP contribution in [-0.4, -0.2) is 42.7 Å². The molecule has 0 unspecified atom stereocenters. The van der Waals surface area contributed by atoms with Gasteiger partial charge >= 0.3 is 0 Å². The van der Waals surface area contributed by atoms with E-state index in [4.69, 9.17) is 4.98 Å². The summed E-state index contributed by atoms with van der Waals surface area (Å²) in [5, 5.41) is 15.2. The first-order chi connectivity index (χ1) is 16.5. The van der Waals surface area contributed by atoms with Crippen LogP contribution >= 0.6 is 0 Å². The number of imidazole rings is 1. The number of carbonyl (C=O) groups excluding carboxylic acids is 1. The molecular weight excluding hydrogens is 428 g/mol. The monoisotopic (exact) mass is 452 g/mol. The molecule has 0 saturated heterocycles. The first-order valence-electron chi connectivity index (χ1n) is 11.5. The fraction of sp³-hybridized carbons (Fsp3) is 0.360. The van der Waals surface area contributed by atoms with Crippen LogP contribution < -0.4 is 10.6 Å². The van der Waals surface area contributed by atoms with Crippen LogP contribution in [0.15, 0.2) is 24.5 Å². The van der Waals surface area contributed by atoms with Crippen LogP contribution in [-0.2, 0) is 11.8 Å². The van der Waals surface area contributed by atoms with E-state index in [9.17, 15) is 4.79 Å². The van der Waals surface area contributed by atoms with Gasteiger partial charge in [-0.1, -0.05) is 12.8 Å². The Balaban J connectivity index is 1.37. The van der Waals surface area contributed by atoms with Gasteiger partial charge in [-0.25, -0.2) is 15.0 Å². The summed E-state index contributed by atoms with van der Waals surface area (Å²) in [7, 11) is 3.83. The number of anilines is 2. The van der Waals surface area contributed by atoms with Crippen LogP contribution in [0.3, 0.4) is 0 Å². The standard InChI is InChI=1S/C25H24N8O/c1-13-8-17(13)25(34)30-21-10-18-15(11-28-23(26-2)22(18)32-31-21)6-7-16-9-20-19(12-27-16)29-24(33(20)3)14-4-5-14/h9-14,17H,4-5,8H2,1-3H3,(H,26,28)(H,30,31,34)/t13-,17+/m1/s1. The number of nitrogens with zero attached hydrogens (tertiary/aromatic N) is 6. The number of aryl methyl sites for hydroxylation is 1. The highest BCUT2D eigenvalue weighted by molar-refractivity contribution is 5.97. The molecule has 0 spiro atoms. The van der Waals surface area contributed by atoms with Crippen LogP contribution in [0, 0.1) is 23.7 Å². The predicted octanol–water partition coefficient (Wildman–Crippen LogP) is 3.22. The second-order valence-electron chi connectivity index (χ2n) is 9.18. The lowest BCUT2D eigenvalue weighted by atomic mass is 10.1. The number of carbonyl (C=O) groups is 1. The molecule has 4 aromatic rings. The van der Waals surface area contributed by atoms with E-state index in [0.717, 1.165) is 28.7 Å². The minimum Gasteiger partial charge on any atom is -0.371 e. The average molecular weight is 453 g/mol. The van der Waals surface area contributed by atoms with Crippen LogP contribution in [0.25, 0.3) is 21.9 Å². The maximum atomic E-state index is 12.4. The average Bonchev–Trinajstić information content (AvgIpc) is 3.77. The van der Waals surface area contributed by atoms with Crippen molar-refractivity contribution in [1.82, 2.24) is 29.7 Å². The Kier molecular flexibility index (Phi) is 4.69. The van der Waals surface area contributed by atoms with E-state index in [0.29, 0.717) is 40.2 Å². The Labute approximate surface area is 196 Å². The summed E-state index contributed by atoms with van der Waals surface area (Å²) < 4.78 is 2.14. The lowest BCUT2D eigenvalue weighted by molar-refractivity contribution is -0.117. The summed E-state index contributed by atoms with van der Waals surface area (Å²) in [6.07, 6.45) is 6.79. The Morgan fingerprint density at radius 1 is 1.15 bits per heavy atom. The van der Waals surface area contributed by atoms with Crippen LogP contribution in [0.1, 0.15) is 49.2 Å². The van der Waals surface area contributed by atoms with Crippen molar-refractivity contribution in [1.29, 1.82) is 0 Å². The number of fused-ring (bicyclic) bond motifs is 2. The Morgan fingerprint density at radius 3 is 2.71 bits per heavy atom. The third-order valence-electron chi connectivity index (χ3n) is 6.63. The molecule has 2 aliphatic carbocycles. The van der Waals surface area contributed by atoms with Gasteiger partial charge in [0.05, 0.1) is 17.3 Å². The largest absolute Gasteiger partial charge is 0.371 e. The molecule has 2 aliphatic rings. The molecule has 34 heavy (non-hydrogen) atoms. The van der Waals surface area contributed by atoms with E-state index >= 15 is 0 Å². The van der Waals surface area contributed by atoms with Crippen molar-refractivity contribution in [3.05, 3.63) is 41.6 Å². The van der Waals surface area contributed by atoms with Gasteiger partial charge in [0.2, 0.25) is 5.91 Å². The molecule has 0 bridgehead atoms. The van der Waals surface area contributed by atoms with Crippen molar-refractivity contribution in [2.45, 2.75) is 32.1 Å². The fourth-order valence-electron chi connectivity index (χ4n) is 4.30. The molecule has 6 rings (SSSR count). The maximum Gasteiger partial charge on any atom is 0.228 e. The number of rotatable bonds is 4. The highest BCUT2D eigenvalue weighted by atomic mass is 16.2. The molecule has 9 nitrogen and oxygen atoms in total. The molecule has 2 saturated carbocycles. The van der Waals surface area contributed by atoms with E-state index < -0.39 is 0 Å². The fourth-order valence-corrected chi connectivity index (χ4v) is 4.30. The molecule has 2 fully saturated rings. The van der Waals surface area contributed by atoms with Crippen molar-refractivity contribution in [3.8, 4) is 11.8 Å². The van der Waals surface area contributed by atoms with Gasteiger partial charge in [-0.2, -0.15) is 0 Å². The van der Waals surface area contributed by atoms with Gasteiger partial charge in [-0.05, 0) is 43.2 Å². The molecule has 0 radical (unpaired) electrons. The molecule has 1 amide bonds. The molecule has 0 aliphatic heterocycles. The predicted molar refractivity (Wildman–Crippen MR) is 129 cm³/mol. The van der Waals surface area contributed by atoms with Crippen molar-refractivity contribution in [3.63, 3.8) is 0 Å². The SMILES string of the molecule is CNc1ncc(C#Cc2cc3c(cn2)nc(C2CC2)n3C)c2cc(NC(=O)[C@H]3C[C@H]3C)nnc12. The normalized spacial score (nSPS) is 19.0. The molecular formula is C25H24N8O. The van der Waals surface area contributed by atoms with E-state index in [-0.39, 0.29) is 11.8 Å². The molecule has 170 valence electrons. The van der Waals surface area contributed by atoms with Crippen molar-refractivity contribution >= 4 is 39.5 Å². The maximum absolute atomic E-state index is 12.4. The Bertz CT molecular complexity index is 1520. The first-order valence-corrected chi connectivity index (χ1v) is 11.5. The highest BCUT2D eigenvalue weighted by Gasteiger charge is 2.39. The zero-order valence-electron chi connectivity index (χ0n) is 19.3. The van der Waals surface area contributed by atoms with Crippen LogP contribution in [0.2, 0.25) is 0 Å². The van der Waals surface area contributed by atoms with E-state index in [1.165, 1.54) is 12.8 Å². The van der Waals surface area contributed by atoms with Gasteiger partial charge < -0.3 is 15.2 Å². The van der Waals surface area contributed by atoms with Crippen LogP contribution in [0.4, 0.5) is 11.6 Å². The third kappa shape index (κ3) is 3.61. The van der Waals surface area contributed by atoms with Gasteiger partial charge in [-0.15, -0.1) is 10.2 Å². The van der Waals surface area contributed by atoms with E-state index in [2.05, 4.69) is 54.1 Å². The molecule has 2 N–H and O–H groups in total. The number of nitrogens with one attached hydrogen (secondary N) is 2. The van der Waals surface area contributed by atoms with Gasteiger partial charge in [0, 0.05) is 37.5 Å². The summed E-state index contributed by atoms with van der Waals surface area (Å²) in [5.74, 6) is 9.50. The quantitative estimate of drug-likeness (QED) is 0.458. The minimum absolute atomic E-state index is 0.0177. The third-order valence-corrected chi connectivity index (χ3v) is 6.63. The topological polar surface area (TPSA) is 111 Å². The minimum atomic E-state index is -0.0177. The molecule has 4 heterocycles. The Hall–Kier alpha value is -4.06. The second-order valence-corrected chi connectivity index (χ2v) is 9.18. The summed E-state index contributed by atoms with van der Waals surface area (Å²) >= 11 is 0. The van der Waals surface area contributed by atoms with Crippen molar-refractivity contribution < 1.29 is 4.79 Å². The van der Waals surface area contributed by atoms with Gasteiger partial charge in [0.1, 0.15) is 22.6 Å². The number of aromatic nitrogens is 6. The second kappa shape index (κ2) is 7.76. The number of hydrogen-bond acceptors (Lipinski definition) is 7. The summed E-state index contributed by atoms with van der Waals surface area (Å²) in [6.45, 7) is 2.07. The number of hydrogen-bond donors (Lipinski definition) is 2. The zero-order chi connectivity index (χ0) is 23.4. The molecule has 2 atom stereocenters. The van der Waals surface area contributed by atoms with Crippen molar-refractivity contribution in [2.24, 2.45) is 18.9 Å². The lowest BCUT2D eigenvalue weighted by Gasteiger charge is -2.08. The number of pyridine rings is 2. The van der Waals surface area contributed by atoms with Gasteiger partial charge in [0.25, 0.3) is 0 Å². The van der Waals surface area contributed by atoms with Gasteiger partial charge in [0.15, 0.2) is 11.6 Å². The number of amides is 1. The Morgan fingerprint density at radius 2 is 1.97 bits per heavy atom. The smallest absolute Gasteiger partial charge is 0.228 e. The van der Waals surface area contributed by atoms with Crippen LogP contribution in [0.5, 0.6) is 0 Å². The summed E-state index contributed by atoms with van der Waals surface area (Å²) in [5.41, 5.74) is 3.85. The first kappa shape index (κ1) is 20.5. The van der Waals surface area contributed by atoms with Crippen molar-refractivity contribution in [2.75, 3.05) is 17.7 Å². The molecule has 4 aromatic heterocycles.